The fourth-order valence-corrected chi connectivity index (χ4v) is 1.78. The maximum Gasteiger partial charge on any atom is 0.0942 e. The normalized spacial score (nSPS) is 10.0. The Morgan fingerprint density at radius 1 is 1.21 bits per heavy atom. The van der Waals surface area contributed by atoms with E-state index in [0.717, 1.165) is 18.7 Å². The standard InChI is InChI=1S/C10H11N3S/c1-4-11-5-2-9(1)12-6-3-10-13-7-8-14-10/h1-2,4-5,7-8H,3,6H2,(H,11,12). The molecule has 1 N–H and O–H groups in total. The van der Waals surface area contributed by atoms with E-state index in [2.05, 4.69) is 15.3 Å². The van der Waals surface area contributed by atoms with Crippen LogP contribution in [0.3, 0.4) is 0 Å². The van der Waals surface area contributed by atoms with Gasteiger partial charge in [-0.3, -0.25) is 4.98 Å². The molecule has 0 radical (unpaired) electrons. The molecule has 0 aliphatic carbocycles. The van der Waals surface area contributed by atoms with Crippen LogP contribution in [0.2, 0.25) is 0 Å². The third kappa shape index (κ3) is 2.53. The van der Waals surface area contributed by atoms with Gasteiger partial charge in [0.15, 0.2) is 0 Å². The molecule has 14 heavy (non-hydrogen) atoms. The molecule has 0 amide bonds. The summed E-state index contributed by atoms with van der Waals surface area (Å²) in [4.78, 5) is 8.17. The highest BCUT2D eigenvalue weighted by atomic mass is 32.1. The lowest BCUT2D eigenvalue weighted by Crippen LogP contribution is -2.04. The van der Waals surface area contributed by atoms with E-state index in [0.29, 0.717) is 0 Å². The predicted octanol–water partition coefficient (Wildman–Crippen LogP) is 2.19. The van der Waals surface area contributed by atoms with Gasteiger partial charge in [-0.2, -0.15) is 0 Å². The van der Waals surface area contributed by atoms with E-state index >= 15 is 0 Å². The molecule has 0 bridgehead atoms. The zero-order valence-electron chi connectivity index (χ0n) is 7.68. The highest BCUT2D eigenvalue weighted by Gasteiger charge is 1.94. The van der Waals surface area contributed by atoms with E-state index in [9.17, 15) is 0 Å². The van der Waals surface area contributed by atoms with E-state index in [1.807, 2.05) is 23.7 Å². The fourth-order valence-electron chi connectivity index (χ4n) is 1.16. The molecule has 0 unspecified atom stereocenters. The van der Waals surface area contributed by atoms with Crippen molar-refractivity contribution in [3.8, 4) is 0 Å². The van der Waals surface area contributed by atoms with Crippen LogP contribution < -0.4 is 5.32 Å². The zero-order chi connectivity index (χ0) is 9.64. The van der Waals surface area contributed by atoms with Crippen LogP contribution in [0.5, 0.6) is 0 Å². The number of rotatable bonds is 4. The maximum absolute atomic E-state index is 4.21. The molecule has 0 atom stereocenters. The zero-order valence-corrected chi connectivity index (χ0v) is 8.50. The lowest BCUT2D eigenvalue weighted by Gasteiger charge is -2.03. The summed E-state index contributed by atoms with van der Waals surface area (Å²) in [5.74, 6) is 0. The quantitative estimate of drug-likeness (QED) is 0.831. The van der Waals surface area contributed by atoms with Gasteiger partial charge in [-0.1, -0.05) is 0 Å². The van der Waals surface area contributed by atoms with E-state index in [1.54, 1.807) is 23.7 Å². The number of hydrogen-bond acceptors (Lipinski definition) is 4. The van der Waals surface area contributed by atoms with Crippen LogP contribution in [0.25, 0.3) is 0 Å². The summed E-state index contributed by atoms with van der Waals surface area (Å²) in [6.45, 7) is 0.914. The van der Waals surface area contributed by atoms with Crippen LogP contribution in [-0.2, 0) is 6.42 Å². The summed E-state index contributed by atoms with van der Waals surface area (Å²) in [6.07, 6.45) is 6.38. The first-order valence-corrected chi connectivity index (χ1v) is 5.35. The summed E-state index contributed by atoms with van der Waals surface area (Å²) < 4.78 is 0. The number of hydrogen-bond donors (Lipinski definition) is 1. The van der Waals surface area contributed by atoms with E-state index in [1.165, 1.54) is 5.01 Å². The van der Waals surface area contributed by atoms with Crippen molar-refractivity contribution >= 4 is 17.0 Å². The molecule has 4 heteroatoms. The molecule has 0 aliphatic heterocycles. The van der Waals surface area contributed by atoms with Gasteiger partial charge in [0, 0.05) is 42.6 Å². The topological polar surface area (TPSA) is 37.8 Å². The maximum atomic E-state index is 4.21. The third-order valence-electron chi connectivity index (χ3n) is 1.83. The van der Waals surface area contributed by atoms with Crippen molar-refractivity contribution in [2.75, 3.05) is 11.9 Å². The second-order valence-corrected chi connectivity index (χ2v) is 3.82. The number of aromatic nitrogens is 2. The van der Waals surface area contributed by atoms with E-state index in [4.69, 9.17) is 0 Å². The van der Waals surface area contributed by atoms with Gasteiger partial charge in [0.2, 0.25) is 0 Å². The van der Waals surface area contributed by atoms with Crippen LogP contribution in [0, 0.1) is 0 Å². The smallest absolute Gasteiger partial charge is 0.0942 e. The number of pyridine rings is 1. The molecule has 3 nitrogen and oxygen atoms in total. The Morgan fingerprint density at radius 3 is 2.79 bits per heavy atom. The van der Waals surface area contributed by atoms with Gasteiger partial charge >= 0.3 is 0 Å². The van der Waals surface area contributed by atoms with Crippen molar-refractivity contribution in [2.24, 2.45) is 0 Å². The molecule has 0 aromatic carbocycles. The van der Waals surface area contributed by atoms with Crippen molar-refractivity contribution in [1.29, 1.82) is 0 Å². The summed E-state index contributed by atoms with van der Waals surface area (Å²) >= 11 is 1.69. The number of anilines is 1. The van der Waals surface area contributed by atoms with E-state index < -0.39 is 0 Å². The average Bonchev–Trinajstić information content (AvgIpc) is 2.72. The molecule has 0 spiro atoms. The van der Waals surface area contributed by atoms with Gasteiger partial charge in [0.1, 0.15) is 0 Å². The van der Waals surface area contributed by atoms with Gasteiger partial charge in [-0.05, 0) is 12.1 Å². The van der Waals surface area contributed by atoms with Crippen molar-refractivity contribution in [3.05, 3.63) is 41.1 Å². The average molecular weight is 205 g/mol. The number of nitrogens with one attached hydrogen (secondary N) is 1. The largest absolute Gasteiger partial charge is 0.385 e. The van der Waals surface area contributed by atoms with Gasteiger partial charge in [-0.15, -0.1) is 11.3 Å². The van der Waals surface area contributed by atoms with Gasteiger partial charge in [0.25, 0.3) is 0 Å². The highest BCUT2D eigenvalue weighted by molar-refractivity contribution is 7.09. The van der Waals surface area contributed by atoms with Crippen LogP contribution in [0.15, 0.2) is 36.1 Å². The van der Waals surface area contributed by atoms with Crippen molar-refractivity contribution in [3.63, 3.8) is 0 Å². The molecular weight excluding hydrogens is 194 g/mol. The Bertz CT molecular complexity index is 358. The van der Waals surface area contributed by atoms with Crippen molar-refractivity contribution < 1.29 is 0 Å². The molecule has 2 rings (SSSR count). The first-order valence-electron chi connectivity index (χ1n) is 4.47. The molecule has 0 aliphatic rings. The van der Waals surface area contributed by atoms with Crippen LogP contribution >= 0.6 is 11.3 Å². The predicted molar refractivity (Wildman–Crippen MR) is 58.5 cm³/mol. The Kier molecular flexibility index (Phi) is 3.08. The summed E-state index contributed by atoms with van der Waals surface area (Å²) in [5.41, 5.74) is 1.11. The molecular formula is C10H11N3S. The van der Waals surface area contributed by atoms with Crippen molar-refractivity contribution in [1.82, 2.24) is 9.97 Å². The second kappa shape index (κ2) is 4.72. The second-order valence-electron chi connectivity index (χ2n) is 2.84. The van der Waals surface area contributed by atoms with Crippen LogP contribution in [-0.4, -0.2) is 16.5 Å². The number of nitrogens with zero attached hydrogens (tertiary/aromatic N) is 2. The first-order chi connectivity index (χ1) is 6.95. The van der Waals surface area contributed by atoms with Crippen LogP contribution in [0.4, 0.5) is 5.69 Å². The Balaban J connectivity index is 1.79. The minimum Gasteiger partial charge on any atom is -0.385 e. The molecule has 0 saturated carbocycles. The molecule has 0 fully saturated rings. The molecule has 2 heterocycles. The van der Waals surface area contributed by atoms with E-state index in [-0.39, 0.29) is 0 Å². The lowest BCUT2D eigenvalue weighted by atomic mass is 10.4. The Hall–Kier alpha value is -1.42. The molecule has 2 aromatic heterocycles. The summed E-state index contributed by atoms with van der Waals surface area (Å²) in [6, 6.07) is 3.92. The van der Waals surface area contributed by atoms with Gasteiger partial charge in [0.05, 0.1) is 5.01 Å². The van der Waals surface area contributed by atoms with Gasteiger partial charge < -0.3 is 5.32 Å². The molecule has 72 valence electrons. The van der Waals surface area contributed by atoms with Gasteiger partial charge in [-0.25, -0.2) is 4.98 Å². The van der Waals surface area contributed by atoms with Crippen LogP contribution in [0.1, 0.15) is 5.01 Å². The first kappa shape index (κ1) is 9.15. The summed E-state index contributed by atoms with van der Waals surface area (Å²) in [7, 11) is 0. The minimum absolute atomic E-state index is 0.914. The lowest BCUT2D eigenvalue weighted by molar-refractivity contribution is 0.997. The Labute approximate surface area is 86.8 Å². The fraction of sp³-hybridized carbons (Fsp3) is 0.200. The Morgan fingerprint density at radius 2 is 2.07 bits per heavy atom. The highest BCUT2D eigenvalue weighted by Crippen LogP contribution is 2.06. The molecule has 0 saturated heterocycles. The van der Waals surface area contributed by atoms with Crippen molar-refractivity contribution in [2.45, 2.75) is 6.42 Å². The summed E-state index contributed by atoms with van der Waals surface area (Å²) in [5, 5.41) is 6.48. The third-order valence-corrected chi connectivity index (χ3v) is 2.67. The SMILES string of the molecule is c1cc(NCCc2nccs2)ccn1. The number of thiazole rings is 1. The minimum atomic E-state index is 0.914. The monoisotopic (exact) mass is 205 g/mol. The molecule has 2 aromatic rings.